The number of rotatable bonds is 5. The van der Waals surface area contributed by atoms with Crippen LogP contribution in [0.2, 0.25) is 0 Å². The van der Waals surface area contributed by atoms with Crippen LogP contribution in [0.25, 0.3) is 11.2 Å². The van der Waals surface area contributed by atoms with E-state index < -0.39 is 5.82 Å². The van der Waals surface area contributed by atoms with Gasteiger partial charge >= 0.3 is 5.69 Å². The van der Waals surface area contributed by atoms with Gasteiger partial charge in [0.05, 0.1) is 11.8 Å². The van der Waals surface area contributed by atoms with Gasteiger partial charge in [0.2, 0.25) is 5.95 Å². The predicted octanol–water partition coefficient (Wildman–Crippen LogP) is 3.10. The Balaban J connectivity index is 0.00000141. The number of nitrogens with two attached hydrogens (primary N) is 1. The number of aldehydes is 1. The Labute approximate surface area is 185 Å². The molecular weight excluding hydrogens is 415 g/mol. The van der Waals surface area contributed by atoms with Crippen molar-refractivity contribution in [1.82, 2.24) is 19.1 Å². The molecule has 4 rings (SSSR count). The van der Waals surface area contributed by atoms with Crippen LogP contribution in [0, 0.1) is 12.7 Å². The van der Waals surface area contributed by atoms with E-state index in [0.717, 1.165) is 12.8 Å². The lowest BCUT2D eigenvalue weighted by molar-refractivity contribution is 0.0694. The molecular formula is C22H29FN6O3. The maximum Gasteiger partial charge on any atom is 0.330 e. The van der Waals surface area contributed by atoms with Crippen LogP contribution in [0.3, 0.4) is 0 Å². The molecule has 3 N–H and O–H groups in total. The first kappa shape index (κ1) is 23.6. The third kappa shape index (κ3) is 4.42. The van der Waals surface area contributed by atoms with Gasteiger partial charge in [-0.25, -0.2) is 14.2 Å². The van der Waals surface area contributed by atoms with E-state index in [1.807, 2.05) is 13.8 Å². The number of carbonyl (C=O) groups is 1. The van der Waals surface area contributed by atoms with E-state index >= 15 is 0 Å². The summed E-state index contributed by atoms with van der Waals surface area (Å²) in [6.45, 7) is 6.86. The number of aromatic nitrogens is 4. The molecule has 1 aromatic carbocycles. The average Bonchev–Trinajstić information content (AvgIpc) is 3.09. The number of nitrogens with one attached hydrogen (secondary N) is 1. The summed E-state index contributed by atoms with van der Waals surface area (Å²) in [6.07, 6.45) is 3.58. The first-order chi connectivity index (χ1) is 15.4. The molecule has 0 spiro atoms. The molecule has 32 heavy (non-hydrogen) atoms. The monoisotopic (exact) mass is 444 g/mol. The first-order valence-corrected chi connectivity index (χ1v) is 10.6. The third-order valence-electron chi connectivity index (χ3n) is 5.44. The van der Waals surface area contributed by atoms with E-state index in [1.165, 1.54) is 19.2 Å². The minimum atomic E-state index is -0.621. The number of aryl methyl sites for hydroxylation is 1. The van der Waals surface area contributed by atoms with Crippen molar-refractivity contribution in [2.24, 2.45) is 5.73 Å². The number of imidazole rings is 1. The van der Waals surface area contributed by atoms with E-state index in [1.54, 1.807) is 22.3 Å². The summed E-state index contributed by atoms with van der Waals surface area (Å²) in [5.74, 6) is -0.366. The van der Waals surface area contributed by atoms with Gasteiger partial charge in [-0.15, -0.1) is 0 Å². The van der Waals surface area contributed by atoms with Gasteiger partial charge in [0, 0.05) is 31.0 Å². The minimum absolute atomic E-state index is 0.00237. The fourth-order valence-corrected chi connectivity index (χ4v) is 3.90. The van der Waals surface area contributed by atoms with Gasteiger partial charge in [0.25, 0.3) is 0 Å². The van der Waals surface area contributed by atoms with Crippen LogP contribution in [0.15, 0.2) is 23.1 Å². The highest BCUT2D eigenvalue weighted by molar-refractivity contribution is 5.78. The Morgan fingerprint density at radius 3 is 2.59 bits per heavy atom. The number of anilines is 2. The lowest BCUT2D eigenvalue weighted by Crippen LogP contribution is -2.31. The Kier molecular flexibility index (Phi) is 7.37. The molecule has 0 atom stereocenters. The van der Waals surface area contributed by atoms with Gasteiger partial charge in [-0.1, -0.05) is 0 Å². The second-order valence-corrected chi connectivity index (χ2v) is 7.79. The van der Waals surface area contributed by atoms with Crippen molar-refractivity contribution in [3.05, 3.63) is 45.8 Å². The van der Waals surface area contributed by atoms with Crippen LogP contribution in [0.5, 0.6) is 0 Å². The largest absolute Gasteiger partial charge is 0.381 e. The maximum atomic E-state index is 14.1. The molecule has 9 nitrogen and oxygen atoms in total. The summed E-state index contributed by atoms with van der Waals surface area (Å²) < 4.78 is 22.9. The molecule has 3 heterocycles. The van der Waals surface area contributed by atoms with E-state index in [0.29, 0.717) is 41.9 Å². The molecule has 0 radical (unpaired) electrons. The topological polar surface area (TPSA) is 117 Å². The summed E-state index contributed by atoms with van der Waals surface area (Å²) in [4.78, 5) is 33.1. The van der Waals surface area contributed by atoms with E-state index in [4.69, 9.17) is 4.74 Å². The van der Waals surface area contributed by atoms with Gasteiger partial charge in [-0.2, -0.15) is 4.98 Å². The van der Waals surface area contributed by atoms with Crippen LogP contribution in [-0.4, -0.2) is 45.6 Å². The molecule has 1 fully saturated rings. The van der Waals surface area contributed by atoms with Gasteiger partial charge < -0.3 is 15.8 Å². The molecule has 1 aliphatic heterocycles. The highest BCUT2D eigenvalue weighted by Crippen LogP contribution is 2.27. The molecule has 0 saturated carbocycles. The number of fused-ring (bicyclic) bond motifs is 1. The molecule has 172 valence electrons. The van der Waals surface area contributed by atoms with E-state index in [2.05, 4.69) is 21.0 Å². The van der Waals surface area contributed by atoms with Crippen LogP contribution in [-0.2, 0) is 4.74 Å². The van der Waals surface area contributed by atoms with E-state index in [-0.39, 0.29) is 29.3 Å². The zero-order chi connectivity index (χ0) is 23.4. The fraction of sp³-hybridized carbons (Fsp3) is 0.455. The second kappa shape index (κ2) is 10.0. The van der Waals surface area contributed by atoms with Crippen LogP contribution >= 0.6 is 0 Å². The Morgan fingerprint density at radius 1 is 1.28 bits per heavy atom. The Bertz CT molecular complexity index is 1160. The van der Waals surface area contributed by atoms with Crippen molar-refractivity contribution in [3.8, 4) is 0 Å². The molecule has 0 bridgehead atoms. The van der Waals surface area contributed by atoms with Crippen molar-refractivity contribution in [1.29, 1.82) is 0 Å². The molecule has 3 aromatic rings. The summed E-state index contributed by atoms with van der Waals surface area (Å²) >= 11 is 0. The second-order valence-electron chi connectivity index (χ2n) is 7.79. The molecule has 0 unspecified atom stereocenters. The van der Waals surface area contributed by atoms with Crippen LogP contribution in [0.4, 0.5) is 16.0 Å². The quantitative estimate of drug-likeness (QED) is 0.581. The van der Waals surface area contributed by atoms with Gasteiger partial charge in [-0.3, -0.25) is 13.9 Å². The standard InChI is InChI=1S/C21H24FN5O3.CH5N/c1-12(2)26-18-10-23-20(24-17-9-16(22)14(11-28)8-13(17)3)25-19(18)27(21(26)29)15-4-6-30-7-5-15;1-2/h8-12,15H,4-7H2,1-3H3,(H,23,24,25);2H2,1H3. The molecule has 1 saturated heterocycles. The summed E-state index contributed by atoms with van der Waals surface area (Å²) in [5, 5.41) is 3.02. The zero-order valence-corrected chi connectivity index (χ0v) is 18.8. The van der Waals surface area contributed by atoms with Crippen LogP contribution in [0.1, 0.15) is 54.7 Å². The smallest absolute Gasteiger partial charge is 0.330 e. The van der Waals surface area contributed by atoms with Crippen molar-refractivity contribution in [2.45, 2.75) is 45.7 Å². The highest BCUT2D eigenvalue weighted by atomic mass is 19.1. The Morgan fingerprint density at radius 2 is 1.97 bits per heavy atom. The molecule has 1 aliphatic rings. The number of ether oxygens (including phenoxy) is 1. The van der Waals surface area contributed by atoms with Crippen molar-refractivity contribution in [2.75, 3.05) is 25.6 Å². The number of benzene rings is 1. The van der Waals surface area contributed by atoms with E-state index in [9.17, 15) is 14.0 Å². The lowest BCUT2D eigenvalue weighted by Gasteiger charge is -2.23. The highest BCUT2D eigenvalue weighted by Gasteiger charge is 2.25. The predicted molar refractivity (Wildman–Crippen MR) is 121 cm³/mol. The van der Waals surface area contributed by atoms with Crippen molar-refractivity contribution < 1.29 is 13.9 Å². The van der Waals surface area contributed by atoms with Crippen LogP contribution < -0.4 is 16.7 Å². The Hall–Kier alpha value is -3.11. The third-order valence-corrected chi connectivity index (χ3v) is 5.44. The minimum Gasteiger partial charge on any atom is -0.381 e. The number of carbonyl (C=O) groups excluding carboxylic acids is 1. The zero-order valence-electron chi connectivity index (χ0n) is 18.8. The molecule has 0 aliphatic carbocycles. The number of nitrogens with zero attached hydrogens (tertiary/aromatic N) is 4. The number of halogens is 1. The molecule has 0 amide bonds. The summed E-state index contributed by atoms with van der Waals surface area (Å²) in [6, 6.07) is 2.67. The fourth-order valence-electron chi connectivity index (χ4n) is 3.90. The average molecular weight is 445 g/mol. The number of hydrogen-bond donors (Lipinski definition) is 2. The van der Waals surface area contributed by atoms with Gasteiger partial charge in [0.15, 0.2) is 11.9 Å². The lowest BCUT2D eigenvalue weighted by atomic mass is 10.1. The number of hydrogen-bond acceptors (Lipinski definition) is 7. The van der Waals surface area contributed by atoms with Gasteiger partial charge in [0.1, 0.15) is 11.3 Å². The van der Waals surface area contributed by atoms with Gasteiger partial charge in [-0.05, 0) is 58.4 Å². The first-order valence-electron chi connectivity index (χ1n) is 10.6. The van der Waals surface area contributed by atoms with Crippen molar-refractivity contribution in [3.63, 3.8) is 0 Å². The normalized spacial score (nSPS) is 14.3. The summed E-state index contributed by atoms with van der Waals surface area (Å²) in [5.41, 5.74) is 6.73. The molecule has 10 heteroatoms. The molecule has 2 aromatic heterocycles. The van der Waals surface area contributed by atoms with Crippen molar-refractivity contribution >= 4 is 29.1 Å². The SMILES string of the molecule is CN.Cc1cc(C=O)c(F)cc1Nc1ncc2c(n1)n(C1CCOCC1)c(=O)n2C(C)C. The summed E-state index contributed by atoms with van der Waals surface area (Å²) in [7, 11) is 1.50. The maximum absolute atomic E-state index is 14.1.